The van der Waals surface area contributed by atoms with Crippen molar-refractivity contribution >= 4 is 12.4 Å². The molecule has 0 atom stereocenters. The van der Waals surface area contributed by atoms with Crippen LogP contribution in [-0.2, 0) is 4.79 Å². The van der Waals surface area contributed by atoms with Gasteiger partial charge >= 0.3 is 6.09 Å². The molecule has 1 aliphatic carbocycles. The van der Waals surface area contributed by atoms with E-state index in [-0.39, 0.29) is 0 Å². The Morgan fingerprint density at radius 1 is 1.38 bits per heavy atom. The Morgan fingerprint density at radius 3 is 2.19 bits per heavy atom. The lowest BCUT2D eigenvalue weighted by Gasteiger charge is -2.38. The summed E-state index contributed by atoms with van der Waals surface area (Å²) in [5.41, 5.74) is -0.893. The highest BCUT2D eigenvalue weighted by Gasteiger charge is 2.39. The Bertz CT molecular complexity index is 274. The van der Waals surface area contributed by atoms with Crippen molar-refractivity contribution in [1.82, 2.24) is 4.90 Å². The molecule has 0 radical (unpaired) electrons. The number of amides is 1. The SMILES string of the molecule is CC(C)(C)N(CC1(C=O)CCCC1)C(=O)O. The van der Waals surface area contributed by atoms with E-state index in [2.05, 4.69) is 0 Å². The summed E-state index contributed by atoms with van der Waals surface area (Å²) in [6.45, 7) is 5.90. The van der Waals surface area contributed by atoms with Crippen molar-refractivity contribution in [3.05, 3.63) is 0 Å². The van der Waals surface area contributed by atoms with E-state index >= 15 is 0 Å². The van der Waals surface area contributed by atoms with Crippen LogP contribution in [0, 0.1) is 5.41 Å². The summed E-state index contributed by atoms with van der Waals surface area (Å²) < 4.78 is 0. The summed E-state index contributed by atoms with van der Waals surface area (Å²) in [4.78, 5) is 23.8. The lowest BCUT2D eigenvalue weighted by molar-refractivity contribution is -0.117. The summed E-state index contributed by atoms with van der Waals surface area (Å²) in [6.07, 6.45) is 3.70. The molecule has 0 spiro atoms. The average molecular weight is 227 g/mol. The van der Waals surface area contributed by atoms with Gasteiger partial charge in [-0.05, 0) is 33.6 Å². The molecule has 0 aliphatic heterocycles. The normalized spacial score (nSPS) is 19.4. The van der Waals surface area contributed by atoms with Gasteiger partial charge in [0.15, 0.2) is 0 Å². The average Bonchev–Trinajstić information content (AvgIpc) is 2.61. The van der Waals surface area contributed by atoms with Gasteiger partial charge in [-0.15, -0.1) is 0 Å². The molecule has 1 fully saturated rings. The third-order valence-electron chi connectivity index (χ3n) is 3.36. The highest BCUT2D eigenvalue weighted by Crippen LogP contribution is 2.38. The minimum absolute atomic E-state index is 0.329. The van der Waals surface area contributed by atoms with Gasteiger partial charge in [0.05, 0.1) is 0 Å². The molecule has 0 heterocycles. The van der Waals surface area contributed by atoms with Gasteiger partial charge in [0, 0.05) is 17.5 Å². The zero-order valence-corrected chi connectivity index (χ0v) is 10.3. The predicted octanol–water partition coefficient (Wildman–Crippen LogP) is 2.52. The van der Waals surface area contributed by atoms with Crippen molar-refractivity contribution in [3.8, 4) is 0 Å². The highest BCUT2D eigenvalue weighted by atomic mass is 16.4. The monoisotopic (exact) mass is 227 g/mol. The fourth-order valence-electron chi connectivity index (χ4n) is 2.30. The number of carbonyl (C=O) groups excluding carboxylic acids is 1. The molecule has 1 N–H and O–H groups in total. The molecule has 4 nitrogen and oxygen atoms in total. The van der Waals surface area contributed by atoms with Crippen LogP contribution < -0.4 is 0 Å². The minimum atomic E-state index is -0.944. The molecule has 1 saturated carbocycles. The quantitative estimate of drug-likeness (QED) is 0.754. The second kappa shape index (κ2) is 4.44. The number of hydrogen-bond acceptors (Lipinski definition) is 2. The third kappa shape index (κ3) is 2.74. The number of rotatable bonds is 3. The van der Waals surface area contributed by atoms with Gasteiger partial charge in [-0.2, -0.15) is 0 Å². The zero-order valence-electron chi connectivity index (χ0n) is 10.3. The minimum Gasteiger partial charge on any atom is -0.465 e. The topological polar surface area (TPSA) is 57.6 Å². The molecule has 0 saturated heterocycles. The first-order chi connectivity index (χ1) is 7.31. The summed E-state index contributed by atoms with van der Waals surface area (Å²) in [5, 5.41) is 9.19. The van der Waals surface area contributed by atoms with Crippen molar-refractivity contribution in [2.45, 2.75) is 52.0 Å². The van der Waals surface area contributed by atoms with Gasteiger partial charge < -0.3 is 14.8 Å². The Kier molecular flexibility index (Phi) is 3.61. The number of nitrogens with zero attached hydrogens (tertiary/aromatic N) is 1. The van der Waals surface area contributed by atoms with Crippen molar-refractivity contribution < 1.29 is 14.7 Å². The van der Waals surface area contributed by atoms with E-state index < -0.39 is 17.0 Å². The molecule has 1 aliphatic rings. The van der Waals surface area contributed by atoms with Crippen LogP contribution in [0.2, 0.25) is 0 Å². The number of carboxylic acid groups (broad SMARTS) is 1. The van der Waals surface area contributed by atoms with Gasteiger partial charge in [-0.1, -0.05) is 12.8 Å². The molecule has 1 amide bonds. The molecular weight excluding hydrogens is 206 g/mol. The Balaban J connectivity index is 2.82. The van der Waals surface area contributed by atoms with Crippen LogP contribution >= 0.6 is 0 Å². The number of aldehydes is 1. The van der Waals surface area contributed by atoms with E-state index in [0.717, 1.165) is 32.0 Å². The lowest BCUT2D eigenvalue weighted by atomic mass is 9.86. The van der Waals surface area contributed by atoms with E-state index in [1.54, 1.807) is 0 Å². The van der Waals surface area contributed by atoms with E-state index in [4.69, 9.17) is 0 Å². The maximum Gasteiger partial charge on any atom is 0.407 e. The first-order valence-electron chi connectivity index (χ1n) is 5.78. The van der Waals surface area contributed by atoms with Crippen LogP contribution in [0.4, 0.5) is 4.79 Å². The Hall–Kier alpha value is -1.06. The third-order valence-corrected chi connectivity index (χ3v) is 3.36. The van der Waals surface area contributed by atoms with Gasteiger partial charge in [0.1, 0.15) is 6.29 Å². The molecule has 0 aromatic heterocycles. The summed E-state index contributed by atoms with van der Waals surface area (Å²) in [6, 6.07) is 0. The summed E-state index contributed by atoms with van der Waals surface area (Å²) in [5.74, 6) is 0. The molecule has 1 rings (SSSR count). The molecule has 16 heavy (non-hydrogen) atoms. The maximum atomic E-state index is 11.2. The molecule has 0 aromatic carbocycles. The standard InChI is InChI=1S/C12H21NO3/c1-11(2,3)13(10(15)16)8-12(9-14)6-4-5-7-12/h9H,4-8H2,1-3H3,(H,15,16). The second-order valence-corrected chi connectivity index (χ2v) is 5.73. The van der Waals surface area contributed by atoms with Gasteiger partial charge in [0.2, 0.25) is 0 Å². The van der Waals surface area contributed by atoms with E-state index in [0.29, 0.717) is 6.54 Å². The number of carbonyl (C=O) groups is 2. The maximum absolute atomic E-state index is 11.2. The van der Waals surface area contributed by atoms with Crippen molar-refractivity contribution in [3.63, 3.8) is 0 Å². The van der Waals surface area contributed by atoms with Crippen molar-refractivity contribution in [2.24, 2.45) is 5.41 Å². The number of hydrogen-bond donors (Lipinski definition) is 1. The molecule has 0 unspecified atom stereocenters. The first kappa shape index (κ1) is 13.0. The largest absolute Gasteiger partial charge is 0.465 e. The second-order valence-electron chi connectivity index (χ2n) is 5.73. The predicted molar refractivity (Wildman–Crippen MR) is 61.4 cm³/mol. The van der Waals surface area contributed by atoms with Crippen LogP contribution in [0.1, 0.15) is 46.5 Å². The summed E-state index contributed by atoms with van der Waals surface area (Å²) >= 11 is 0. The van der Waals surface area contributed by atoms with Crippen LogP contribution in [0.15, 0.2) is 0 Å². The lowest BCUT2D eigenvalue weighted by Crippen LogP contribution is -2.50. The Labute approximate surface area is 96.6 Å². The first-order valence-corrected chi connectivity index (χ1v) is 5.78. The van der Waals surface area contributed by atoms with E-state index in [9.17, 15) is 14.7 Å². The van der Waals surface area contributed by atoms with Crippen molar-refractivity contribution in [2.75, 3.05) is 6.54 Å². The fourth-order valence-corrected chi connectivity index (χ4v) is 2.30. The highest BCUT2D eigenvalue weighted by molar-refractivity contribution is 5.68. The van der Waals surface area contributed by atoms with Gasteiger partial charge in [-0.3, -0.25) is 0 Å². The van der Waals surface area contributed by atoms with Crippen LogP contribution in [0.5, 0.6) is 0 Å². The molecule has 92 valence electrons. The van der Waals surface area contributed by atoms with E-state index in [1.807, 2.05) is 20.8 Å². The van der Waals surface area contributed by atoms with Crippen molar-refractivity contribution in [1.29, 1.82) is 0 Å². The van der Waals surface area contributed by atoms with Crippen LogP contribution in [-0.4, -0.2) is 34.5 Å². The molecule has 0 aromatic rings. The van der Waals surface area contributed by atoms with Gasteiger partial charge in [0.25, 0.3) is 0 Å². The van der Waals surface area contributed by atoms with E-state index in [1.165, 1.54) is 4.90 Å². The van der Waals surface area contributed by atoms with Gasteiger partial charge in [-0.25, -0.2) is 4.79 Å². The molecule has 0 bridgehead atoms. The van der Waals surface area contributed by atoms with Crippen LogP contribution in [0.3, 0.4) is 0 Å². The fraction of sp³-hybridized carbons (Fsp3) is 0.833. The Morgan fingerprint density at radius 2 is 1.88 bits per heavy atom. The van der Waals surface area contributed by atoms with Crippen LogP contribution in [0.25, 0.3) is 0 Å². The summed E-state index contributed by atoms with van der Waals surface area (Å²) in [7, 11) is 0. The molecular formula is C12H21NO3. The smallest absolute Gasteiger partial charge is 0.407 e. The zero-order chi connectivity index (χ0) is 12.4. The molecule has 4 heteroatoms.